The summed E-state index contributed by atoms with van der Waals surface area (Å²) in [5.74, 6) is 0.213. The van der Waals surface area contributed by atoms with E-state index in [2.05, 4.69) is 10.4 Å². The maximum Gasteiger partial charge on any atom is 0.276 e. The van der Waals surface area contributed by atoms with E-state index in [0.29, 0.717) is 22.1 Å². The molecule has 0 saturated heterocycles. The lowest BCUT2D eigenvalue weighted by Crippen LogP contribution is -2.17. The van der Waals surface area contributed by atoms with Crippen molar-refractivity contribution in [1.82, 2.24) is 9.78 Å². The third-order valence-corrected chi connectivity index (χ3v) is 2.93. The molecule has 7 heteroatoms. The first-order valence-corrected chi connectivity index (χ1v) is 5.83. The second-order valence-electron chi connectivity index (χ2n) is 3.87. The van der Waals surface area contributed by atoms with Gasteiger partial charge in [-0.25, -0.2) is 0 Å². The number of anilines is 2. The first-order chi connectivity index (χ1) is 9.02. The number of benzene rings is 1. The van der Waals surface area contributed by atoms with Gasteiger partial charge in [-0.05, 0) is 12.1 Å². The molecule has 1 aromatic carbocycles. The topological polar surface area (TPSA) is 82.2 Å². The third kappa shape index (κ3) is 2.63. The van der Waals surface area contributed by atoms with Gasteiger partial charge in [0.25, 0.3) is 5.91 Å². The highest BCUT2D eigenvalue weighted by atomic mass is 35.5. The van der Waals surface area contributed by atoms with Crippen LogP contribution in [0.4, 0.5) is 11.4 Å². The minimum absolute atomic E-state index is 0.277. The smallest absolute Gasteiger partial charge is 0.276 e. The zero-order chi connectivity index (χ0) is 14.0. The van der Waals surface area contributed by atoms with Crippen LogP contribution in [0, 0.1) is 0 Å². The van der Waals surface area contributed by atoms with Gasteiger partial charge in [0, 0.05) is 13.1 Å². The van der Waals surface area contributed by atoms with Gasteiger partial charge in [-0.1, -0.05) is 11.6 Å². The molecule has 1 heterocycles. The normalized spacial score (nSPS) is 10.3. The van der Waals surface area contributed by atoms with Crippen LogP contribution in [0.25, 0.3) is 0 Å². The quantitative estimate of drug-likeness (QED) is 0.900. The zero-order valence-corrected chi connectivity index (χ0v) is 11.2. The van der Waals surface area contributed by atoms with Crippen molar-refractivity contribution in [3.63, 3.8) is 0 Å². The van der Waals surface area contributed by atoms with Crippen LogP contribution in [0.1, 0.15) is 10.5 Å². The number of nitrogens with two attached hydrogens (primary N) is 1. The molecule has 3 N–H and O–H groups in total. The highest BCUT2D eigenvalue weighted by molar-refractivity contribution is 6.34. The SMILES string of the molecule is COc1ccc(Cl)c(NC(=O)c2c(N)cnn2C)c1. The Morgan fingerprint density at radius 2 is 2.26 bits per heavy atom. The maximum atomic E-state index is 12.1. The van der Waals surface area contributed by atoms with Crippen molar-refractivity contribution < 1.29 is 9.53 Å². The minimum Gasteiger partial charge on any atom is -0.497 e. The first-order valence-electron chi connectivity index (χ1n) is 5.45. The predicted molar refractivity (Wildman–Crippen MR) is 73.6 cm³/mol. The number of carbonyl (C=O) groups is 1. The summed E-state index contributed by atoms with van der Waals surface area (Å²) >= 11 is 6.01. The molecule has 1 amide bonds. The van der Waals surface area contributed by atoms with Gasteiger partial charge in [-0.15, -0.1) is 0 Å². The van der Waals surface area contributed by atoms with Gasteiger partial charge in [0.05, 0.1) is 29.7 Å². The second kappa shape index (κ2) is 5.19. The number of aromatic nitrogens is 2. The van der Waals surface area contributed by atoms with Crippen molar-refractivity contribution in [3.05, 3.63) is 35.1 Å². The number of hydrogen-bond acceptors (Lipinski definition) is 4. The van der Waals surface area contributed by atoms with Crippen molar-refractivity contribution in [2.24, 2.45) is 7.05 Å². The summed E-state index contributed by atoms with van der Waals surface area (Å²) < 4.78 is 6.48. The molecule has 1 aromatic heterocycles. The molecule has 2 aromatic rings. The van der Waals surface area contributed by atoms with Crippen LogP contribution < -0.4 is 15.8 Å². The number of aryl methyl sites for hydroxylation is 1. The van der Waals surface area contributed by atoms with Crippen LogP contribution in [-0.2, 0) is 7.05 Å². The number of amides is 1. The summed E-state index contributed by atoms with van der Waals surface area (Å²) in [5.41, 5.74) is 6.72. The summed E-state index contributed by atoms with van der Waals surface area (Å²) in [7, 11) is 3.17. The van der Waals surface area contributed by atoms with E-state index in [-0.39, 0.29) is 11.6 Å². The fraction of sp³-hybridized carbons (Fsp3) is 0.167. The molecular weight excluding hydrogens is 268 g/mol. The predicted octanol–water partition coefficient (Wildman–Crippen LogP) is 1.92. The van der Waals surface area contributed by atoms with E-state index in [4.69, 9.17) is 22.1 Å². The van der Waals surface area contributed by atoms with E-state index in [1.807, 2.05) is 0 Å². The van der Waals surface area contributed by atoms with E-state index in [1.54, 1.807) is 25.2 Å². The molecule has 0 unspecified atom stereocenters. The Morgan fingerprint density at radius 3 is 2.84 bits per heavy atom. The van der Waals surface area contributed by atoms with Crippen LogP contribution in [0.3, 0.4) is 0 Å². The van der Waals surface area contributed by atoms with Crippen LogP contribution in [0.15, 0.2) is 24.4 Å². The average molecular weight is 281 g/mol. The van der Waals surface area contributed by atoms with Crippen molar-refractivity contribution in [2.45, 2.75) is 0 Å². The van der Waals surface area contributed by atoms with E-state index in [1.165, 1.54) is 18.0 Å². The lowest BCUT2D eigenvalue weighted by atomic mass is 10.2. The minimum atomic E-state index is -0.382. The number of methoxy groups -OCH3 is 1. The number of hydrogen-bond donors (Lipinski definition) is 2. The lowest BCUT2D eigenvalue weighted by molar-refractivity contribution is 0.101. The molecule has 2 rings (SSSR count). The average Bonchev–Trinajstić information content (AvgIpc) is 2.71. The number of nitrogens with zero attached hydrogens (tertiary/aromatic N) is 2. The van der Waals surface area contributed by atoms with Gasteiger partial charge in [0.2, 0.25) is 0 Å². The van der Waals surface area contributed by atoms with Crippen LogP contribution in [0.5, 0.6) is 5.75 Å². The largest absolute Gasteiger partial charge is 0.497 e. The molecule has 0 atom stereocenters. The summed E-state index contributed by atoms with van der Waals surface area (Å²) in [4.78, 5) is 12.1. The Bertz CT molecular complexity index is 605. The monoisotopic (exact) mass is 280 g/mol. The third-order valence-electron chi connectivity index (χ3n) is 2.60. The Morgan fingerprint density at radius 1 is 1.53 bits per heavy atom. The van der Waals surface area contributed by atoms with E-state index >= 15 is 0 Å². The number of nitrogen functional groups attached to an aromatic ring is 1. The van der Waals surface area contributed by atoms with E-state index in [9.17, 15) is 4.79 Å². The Hall–Kier alpha value is -2.21. The zero-order valence-electron chi connectivity index (χ0n) is 10.5. The fourth-order valence-electron chi connectivity index (χ4n) is 1.64. The molecule has 0 aliphatic rings. The van der Waals surface area contributed by atoms with Gasteiger partial charge >= 0.3 is 0 Å². The van der Waals surface area contributed by atoms with Crippen molar-refractivity contribution in [1.29, 1.82) is 0 Å². The summed E-state index contributed by atoms with van der Waals surface area (Å²) in [5, 5.41) is 7.00. The summed E-state index contributed by atoms with van der Waals surface area (Å²) in [6.07, 6.45) is 1.42. The number of nitrogens with one attached hydrogen (secondary N) is 1. The number of rotatable bonds is 3. The van der Waals surface area contributed by atoms with E-state index in [0.717, 1.165) is 0 Å². The van der Waals surface area contributed by atoms with Crippen LogP contribution in [0.2, 0.25) is 5.02 Å². The van der Waals surface area contributed by atoms with Crippen molar-refractivity contribution in [2.75, 3.05) is 18.2 Å². The van der Waals surface area contributed by atoms with E-state index < -0.39 is 0 Å². The van der Waals surface area contributed by atoms with Crippen LogP contribution in [-0.4, -0.2) is 22.8 Å². The Kier molecular flexibility index (Phi) is 3.62. The van der Waals surface area contributed by atoms with Gasteiger partial charge in [0.15, 0.2) is 0 Å². The van der Waals surface area contributed by atoms with Gasteiger partial charge in [-0.2, -0.15) is 5.10 Å². The van der Waals surface area contributed by atoms with Crippen molar-refractivity contribution >= 4 is 28.9 Å². The number of halogens is 1. The molecule has 0 aliphatic heterocycles. The molecule has 0 fully saturated rings. The lowest BCUT2D eigenvalue weighted by Gasteiger charge is -2.09. The molecule has 0 bridgehead atoms. The van der Waals surface area contributed by atoms with Crippen molar-refractivity contribution in [3.8, 4) is 5.75 Å². The molecule has 0 radical (unpaired) electrons. The summed E-state index contributed by atoms with van der Waals surface area (Å²) in [6, 6.07) is 4.98. The second-order valence-corrected chi connectivity index (χ2v) is 4.28. The van der Waals surface area contributed by atoms with Crippen LogP contribution >= 0.6 is 11.6 Å². The Balaban J connectivity index is 2.29. The van der Waals surface area contributed by atoms with Gasteiger partial charge < -0.3 is 15.8 Å². The molecule has 100 valence electrons. The van der Waals surface area contributed by atoms with Gasteiger partial charge in [-0.3, -0.25) is 9.48 Å². The molecule has 0 saturated carbocycles. The molecule has 0 spiro atoms. The number of ether oxygens (including phenoxy) is 1. The Labute approximate surface area is 115 Å². The fourth-order valence-corrected chi connectivity index (χ4v) is 1.81. The molecule has 6 nitrogen and oxygen atoms in total. The first kappa shape index (κ1) is 13.2. The summed E-state index contributed by atoms with van der Waals surface area (Å²) in [6.45, 7) is 0. The standard InChI is InChI=1S/C12H13ClN4O2/c1-17-11(9(14)6-15-17)12(18)16-10-5-7(19-2)3-4-8(10)13/h3-6H,14H2,1-2H3,(H,16,18). The highest BCUT2D eigenvalue weighted by Crippen LogP contribution is 2.27. The highest BCUT2D eigenvalue weighted by Gasteiger charge is 2.16. The number of carbonyl (C=O) groups excluding carboxylic acids is 1. The maximum absolute atomic E-state index is 12.1. The molecular formula is C12H13ClN4O2. The van der Waals surface area contributed by atoms with Gasteiger partial charge in [0.1, 0.15) is 11.4 Å². The molecule has 19 heavy (non-hydrogen) atoms. The molecule has 0 aliphatic carbocycles.